The molecule has 2 aromatic rings. The lowest BCUT2D eigenvalue weighted by molar-refractivity contribution is 0.0995. The number of primary amides is 1. The van der Waals surface area contributed by atoms with Crippen molar-refractivity contribution in [1.82, 2.24) is 25.1 Å². The van der Waals surface area contributed by atoms with Crippen molar-refractivity contribution in [1.29, 1.82) is 0 Å². The van der Waals surface area contributed by atoms with Crippen LogP contribution in [0.4, 0.5) is 11.6 Å². The highest BCUT2D eigenvalue weighted by Crippen LogP contribution is 2.32. The molecule has 198 valence electrons. The predicted molar refractivity (Wildman–Crippen MR) is 143 cm³/mol. The number of rotatable bonds is 12. The van der Waals surface area contributed by atoms with Crippen LogP contribution in [0.1, 0.15) is 10.5 Å². The van der Waals surface area contributed by atoms with Gasteiger partial charge in [0, 0.05) is 77.0 Å². The molecule has 12 heteroatoms. The monoisotopic (exact) mass is 509 g/mol. The second-order valence-electron chi connectivity index (χ2n) is 8.63. The molecule has 0 saturated carbocycles. The van der Waals surface area contributed by atoms with E-state index >= 15 is 0 Å². The first-order valence-corrected chi connectivity index (χ1v) is 12.3. The Balaban J connectivity index is 1.20. The lowest BCUT2D eigenvalue weighted by Gasteiger charge is -2.37. The zero-order chi connectivity index (χ0) is 26.0. The number of nitrogens with one attached hydrogen (secondary N) is 2. The molecule has 1 aromatic heterocycles. The number of nitrogens with two attached hydrogens (primary N) is 1. The third kappa shape index (κ3) is 7.08. The number of piperazine rings is 1. The van der Waals surface area contributed by atoms with Gasteiger partial charge in [-0.1, -0.05) is 0 Å². The molecule has 4 N–H and O–H groups in total. The molecule has 37 heavy (non-hydrogen) atoms. The first kappa shape index (κ1) is 26.2. The fourth-order valence-electron chi connectivity index (χ4n) is 4.30. The molecule has 0 bridgehead atoms. The molecule has 0 aliphatic carbocycles. The summed E-state index contributed by atoms with van der Waals surface area (Å²) in [4.78, 5) is 31.0. The van der Waals surface area contributed by atoms with Gasteiger partial charge in [-0.2, -0.15) is 0 Å². The average Bonchev–Trinajstić information content (AvgIpc) is 2.94. The molecular weight excluding hydrogens is 474 g/mol. The van der Waals surface area contributed by atoms with E-state index in [0.29, 0.717) is 19.0 Å². The maximum Gasteiger partial charge on any atom is 0.267 e. The van der Waals surface area contributed by atoms with E-state index in [-0.39, 0.29) is 12.0 Å². The van der Waals surface area contributed by atoms with Crippen molar-refractivity contribution < 1.29 is 14.3 Å². The van der Waals surface area contributed by atoms with Gasteiger partial charge in [-0.05, 0) is 24.3 Å². The van der Waals surface area contributed by atoms with Gasteiger partial charge in [0.25, 0.3) is 5.91 Å². The Morgan fingerprint density at radius 1 is 1.11 bits per heavy atom. The number of nitrogens with zero attached hydrogens (tertiary/aromatic N) is 6. The summed E-state index contributed by atoms with van der Waals surface area (Å²) >= 11 is 0. The van der Waals surface area contributed by atoms with Gasteiger partial charge < -0.3 is 30.3 Å². The standard InChI is InChI=1S/C25H35N9O3/c1-36-19-4-5-22(37-2)21(18-19)33-16-14-32(15-17-33)12-9-30-25-29-7-3-11-34(25)13-10-28-24-27-8-6-20(31-24)23(26)35/h3-8,11,18,25,30H,9-10,12-17H2,1-2H3,(H2,26,35)(H,27,28,31). The number of hydrogen-bond donors (Lipinski definition) is 3. The lowest BCUT2D eigenvalue weighted by Crippen LogP contribution is -2.50. The van der Waals surface area contributed by atoms with Crippen molar-refractivity contribution in [3.8, 4) is 11.5 Å². The van der Waals surface area contributed by atoms with Crippen LogP contribution >= 0.6 is 0 Å². The van der Waals surface area contributed by atoms with Crippen LogP contribution in [0.15, 0.2) is 47.7 Å². The molecule has 1 saturated heterocycles. The van der Waals surface area contributed by atoms with Gasteiger partial charge in [0.05, 0.1) is 19.9 Å². The van der Waals surface area contributed by atoms with E-state index in [1.165, 1.54) is 12.3 Å². The highest BCUT2D eigenvalue weighted by Gasteiger charge is 2.21. The maximum absolute atomic E-state index is 11.3. The van der Waals surface area contributed by atoms with Gasteiger partial charge in [0.15, 0.2) is 6.29 Å². The van der Waals surface area contributed by atoms with Gasteiger partial charge in [0.2, 0.25) is 5.95 Å². The third-order valence-corrected chi connectivity index (χ3v) is 6.32. The first-order valence-electron chi connectivity index (χ1n) is 12.3. The number of aromatic nitrogens is 2. The normalized spacial score (nSPS) is 17.6. The fourth-order valence-corrected chi connectivity index (χ4v) is 4.30. The van der Waals surface area contributed by atoms with Gasteiger partial charge in [-0.3, -0.25) is 20.0 Å². The van der Waals surface area contributed by atoms with Gasteiger partial charge in [-0.15, -0.1) is 0 Å². The van der Waals surface area contributed by atoms with Crippen molar-refractivity contribution in [2.45, 2.75) is 6.29 Å². The van der Waals surface area contributed by atoms with E-state index in [4.69, 9.17) is 15.2 Å². The molecule has 2 aliphatic heterocycles. The summed E-state index contributed by atoms with van der Waals surface area (Å²) in [6.45, 7) is 6.77. The van der Waals surface area contributed by atoms with Crippen molar-refractivity contribution in [2.75, 3.05) is 76.8 Å². The van der Waals surface area contributed by atoms with E-state index in [0.717, 1.165) is 56.5 Å². The average molecular weight is 510 g/mol. The van der Waals surface area contributed by atoms with E-state index in [1.54, 1.807) is 20.4 Å². The van der Waals surface area contributed by atoms with Crippen molar-refractivity contribution in [3.05, 3.63) is 48.4 Å². The number of carbonyl (C=O) groups excluding carboxylic acids is 1. The molecule has 1 atom stereocenters. The van der Waals surface area contributed by atoms with Crippen LogP contribution in [0.25, 0.3) is 0 Å². The van der Waals surface area contributed by atoms with Crippen LogP contribution in [0, 0.1) is 0 Å². The molecule has 0 spiro atoms. The Kier molecular flexibility index (Phi) is 9.11. The molecule has 1 amide bonds. The number of hydrogen-bond acceptors (Lipinski definition) is 11. The van der Waals surface area contributed by atoms with Crippen LogP contribution in [0.2, 0.25) is 0 Å². The summed E-state index contributed by atoms with van der Waals surface area (Å²) in [5, 5.41) is 6.67. The van der Waals surface area contributed by atoms with Crippen molar-refractivity contribution in [2.24, 2.45) is 10.7 Å². The SMILES string of the molecule is COc1ccc(OC)c(N2CCN(CCNC3N=CC=CN3CCNc3nccc(C(N)=O)n3)CC2)c1. The van der Waals surface area contributed by atoms with Crippen molar-refractivity contribution >= 4 is 23.8 Å². The number of ether oxygens (including phenoxy) is 2. The highest BCUT2D eigenvalue weighted by atomic mass is 16.5. The zero-order valence-electron chi connectivity index (χ0n) is 21.3. The number of amides is 1. The number of allylic oxidation sites excluding steroid dienone is 1. The molecule has 2 aliphatic rings. The van der Waals surface area contributed by atoms with Gasteiger partial charge in [0.1, 0.15) is 17.2 Å². The Bertz CT molecular complexity index is 1100. The number of methoxy groups -OCH3 is 2. The van der Waals surface area contributed by atoms with Gasteiger partial charge in [-0.25, -0.2) is 9.97 Å². The quantitative estimate of drug-likeness (QED) is 0.373. The summed E-state index contributed by atoms with van der Waals surface area (Å²) in [5.41, 5.74) is 6.54. The zero-order valence-corrected chi connectivity index (χ0v) is 21.3. The molecule has 1 fully saturated rings. The lowest BCUT2D eigenvalue weighted by atomic mass is 10.2. The second-order valence-corrected chi connectivity index (χ2v) is 8.63. The van der Waals surface area contributed by atoms with Gasteiger partial charge >= 0.3 is 0 Å². The minimum atomic E-state index is -0.579. The van der Waals surface area contributed by atoms with E-state index < -0.39 is 5.91 Å². The number of benzene rings is 1. The number of aliphatic imine (C=N–C) groups is 1. The topological polar surface area (TPSA) is 133 Å². The molecule has 1 unspecified atom stereocenters. The van der Waals surface area contributed by atoms with Crippen LogP contribution in [-0.4, -0.2) is 105 Å². The van der Waals surface area contributed by atoms with Crippen LogP contribution in [-0.2, 0) is 0 Å². The van der Waals surface area contributed by atoms with E-state index in [1.807, 2.05) is 30.5 Å². The Morgan fingerprint density at radius 2 is 1.95 bits per heavy atom. The fraction of sp³-hybridized carbons (Fsp3) is 0.440. The Labute approximate surface area is 217 Å². The number of carbonyl (C=O) groups is 1. The second kappa shape index (κ2) is 12.9. The summed E-state index contributed by atoms with van der Waals surface area (Å²) in [7, 11) is 3.38. The van der Waals surface area contributed by atoms with Crippen LogP contribution < -0.4 is 30.7 Å². The molecule has 4 rings (SSSR count). The Morgan fingerprint density at radius 3 is 2.70 bits per heavy atom. The Hall–Kier alpha value is -3.90. The van der Waals surface area contributed by atoms with Crippen molar-refractivity contribution in [3.63, 3.8) is 0 Å². The maximum atomic E-state index is 11.3. The van der Waals surface area contributed by atoms with Crippen LogP contribution in [0.3, 0.4) is 0 Å². The first-order chi connectivity index (χ1) is 18.1. The minimum Gasteiger partial charge on any atom is -0.497 e. The van der Waals surface area contributed by atoms with E-state index in [2.05, 4.69) is 40.3 Å². The molecular formula is C25H35N9O3. The summed E-state index contributed by atoms with van der Waals surface area (Å²) in [6, 6.07) is 7.40. The third-order valence-electron chi connectivity index (χ3n) is 6.32. The molecule has 1 aromatic carbocycles. The summed E-state index contributed by atoms with van der Waals surface area (Å²) in [6.07, 6.45) is 7.09. The molecule has 3 heterocycles. The van der Waals surface area contributed by atoms with Crippen LogP contribution in [0.5, 0.6) is 11.5 Å². The largest absolute Gasteiger partial charge is 0.497 e. The minimum absolute atomic E-state index is 0.146. The molecule has 12 nitrogen and oxygen atoms in total. The predicted octanol–water partition coefficient (Wildman–Crippen LogP) is 0.600. The number of anilines is 2. The summed E-state index contributed by atoms with van der Waals surface area (Å²) in [5.74, 6) is 1.48. The van der Waals surface area contributed by atoms with E-state index in [9.17, 15) is 4.79 Å². The highest BCUT2D eigenvalue weighted by molar-refractivity contribution is 5.90. The molecule has 0 radical (unpaired) electrons. The summed E-state index contributed by atoms with van der Waals surface area (Å²) < 4.78 is 11.0. The smallest absolute Gasteiger partial charge is 0.267 e.